The van der Waals surface area contributed by atoms with Crippen molar-refractivity contribution in [2.24, 2.45) is 0 Å². The molecule has 0 amide bonds. The molecule has 0 saturated carbocycles. The van der Waals surface area contributed by atoms with Crippen LogP contribution in [-0.4, -0.2) is 34.4 Å². The van der Waals surface area contributed by atoms with Gasteiger partial charge in [-0.1, -0.05) is 24.6 Å². The van der Waals surface area contributed by atoms with Crippen LogP contribution < -0.4 is 4.74 Å². The molecule has 3 rings (SSSR count). The summed E-state index contributed by atoms with van der Waals surface area (Å²) in [7, 11) is 2.15. The third kappa shape index (κ3) is 5.06. The van der Waals surface area contributed by atoms with E-state index in [1.165, 1.54) is 22.7 Å². The van der Waals surface area contributed by atoms with Crippen LogP contribution in [0.5, 0.6) is 10.9 Å². The summed E-state index contributed by atoms with van der Waals surface area (Å²) in [6, 6.07) is 11.8. The molecule has 0 aliphatic heterocycles. The Kier molecular flexibility index (Phi) is 6.47. The van der Waals surface area contributed by atoms with Gasteiger partial charge < -0.3 is 9.64 Å². The van der Waals surface area contributed by atoms with E-state index in [0.717, 1.165) is 36.4 Å². The van der Waals surface area contributed by atoms with Gasteiger partial charge in [-0.3, -0.25) is 0 Å². The molecule has 27 heavy (non-hydrogen) atoms. The molecule has 3 aromatic rings. The molecule has 0 atom stereocenters. The van der Waals surface area contributed by atoms with E-state index in [2.05, 4.69) is 54.2 Å². The Morgan fingerprint density at radius 3 is 2.56 bits per heavy atom. The lowest BCUT2D eigenvalue weighted by Gasteiger charge is -2.16. The van der Waals surface area contributed by atoms with Crippen molar-refractivity contribution in [1.82, 2.24) is 14.3 Å². The molecular formula is C21H24ClN3OS. The third-order valence-corrected chi connectivity index (χ3v) is 5.49. The number of nitrogens with zero attached hydrogens (tertiary/aromatic N) is 3. The SMILES string of the molecule is CCN(C)CCc1cc(C)c(Oc2nc(-c3ccc(Cl)cc3)ns2)cc1C. The van der Waals surface area contributed by atoms with Crippen molar-refractivity contribution in [3.05, 3.63) is 58.1 Å². The Morgan fingerprint density at radius 1 is 1.11 bits per heavy atom. The first-order valence-corrected chi connectivity index (χ1v) is 10.2. The molecule has 0 aliphatic rings. The molecule has 0 spiro atoms. The number of aryl methyl sites for hydroxylation is 2. The molecule has 0 aliphatic carbocycles. The Bertz CT molecular complexity index is 908. The Hall–Kier alpha value is -1.95. The van der Waals surface area contributed by atoms with E-state index in [4.69, 9.17) is 16.3 Å². The van der Waals surface area contributed by atoms with Crippen LogP contribution in [0.4, 0.5) is 0 Å². The highest BCUT2D eigenvalue weighted by Crippen LogP contribution is 2.31. The van der Waals surface area contributed by atoms with Gasteiger partial charge in [-0.25, -0.2) is 0 Å². The fraction of sp³-hybridized carbons (Fsp3) is 0.333. The minimum Gasteiger partial charge on any atom is -0.430 e. The number of aromatic nitrogens is 2. The van der Waals surface area contributed by atoms with Gasteiger partial charge in [0.25, 0.3) is 5.19 Å². The number of benzene rings is 2. The van der Waals surface area contributed by atoms with E-state index in [1.807, 2.05) is 24.3 Å². The van der Waals surface area contributed by atoms with Gasteiger partial charge in [0.2, 0.25) is 0 Å². The van der Waals surface area contributed by atoms with Gasteiger partial charge >= 0.3 is 0 Å². The maximum atomic E-state index is 6.03. The van der Waals surface area contributed by atoms with Gasteiger partial charge in [-0.05, 0) is 80.9 Å². The molecule has 0 unspecified atom stereocenters. The maximum Gasteiger partial charge on any atom is 0.299 e. The molecule has 0 saturated heterocycles. The second kappa shape index (κ2) is 8.83. The quantitative estimate of drug-likeness (QED) is 0.504. The van der Waals surface area contributed by atoms with Crippen LogP contribution in [0.1, 0.15) is 23.6 Å². The summed E-state index contributed by atoms with van der Waals surface area (Å²) in [4.78, 5) is 6.82. The number of rotatable bonds is 7. The summed E-state index contributed by atoms with van der Waals surface area (Å²) < 4.78 is 10.4. The predicted octanol–water partition coefficient (Wildman–Crippen LogP) is 5.76. The first-order valence-electron chi connectivity index (χ1n) is 9.02. The molecule has 0 N–H and O–H groups in total. The Morgan fingerprint density at radius 2 is 1.85 bits per heavy atom. The van der Waals surface area contributed by atoms with E-state index < -0.39 is 0 Å². The summed E-state index contributed by atoms with van der Waals surface area (Å²) in [5.41, 5.74) is 4.63. The summed E-state index contributed by atoms with van der Waals surface area (Å²) >= 11 is 7.20. The maximum absolute atomic E-state index is 6.03. The largest absolute Gasteiger partial charge is 0.430 e. The molecule has 1 heterocycles. The lowest BCUT2D eigenvalue weighted by Crippen LogP contribution is -2.20. The van der Waals surface area contributed by atoms with Crippen molar-refractivity contribution in [2.45, 2.75) is 27.2 Å². The van der Waals surface area contributed by atoms with Crippen LogP contribution >= 0.6 is 23.1 Å². The van der Waals surface area contributed by atoms with Crippen molar-refractivity contribution in [3.8, 4) is 22.3 Å². The lowest BCUT2D eigenvalue weighted by molar-refractivity contribution is 0.357. The highest BCUT2D eigenvalue weighted by atomic mass is 35.5. The molecular weight excluding hydrogens is 378 g/mol. The molecule has 4 nitrogen and oxygen atoms in total. The van der Waals surface area contributed by atoms with Crippen LogP contribution in [0.25, 0.3) is 11.4 Å². The van der Waals surface area contributed by atoms with Crippen molar-refractivity contribution in [1.29, 1.82) is 0 Å². The number of hydrogen-bond acceptors (Lipinski definition) is 5. The zero-order chi connectivity index (χ0) is 19.4. The molecule has 142 valence electrons. The molecule has 2 aromatic carbocycles. The van der Waals surface area contributed by atoms with Crippen LogP contribution in [0.2, 0.25) is 5.02 Å². The highest BCUT2D eigenvalue weighted by molar-refractivity contribution is 7.07. The number of hydrogen-bond donors (Lipinski definition) is 0. The van der Waals surface area contributed by atoms with Gasteiger partial charge in [0.05, 0.1) is 0 Å². The molecule has 0 fully saturated rings. The summed E-state index contributed by atoms with van der Waals surface area (Å²) in [5.74, 6) is 1.49. The normalized spacial score (nSPS) is 11.2. The zero-order valence-electron chi connectivity index (χ0n) is 16.1. The van der Waals surface area contributed by atoms with Crippen molar-refractivity contribution in [3.63, 3.8) is 0 Å². The zero-order valence-corrected chi connectivity index (χ0v) is 17.7. The van der Waals surface area contributed by atoms with Crippen LogP contribution in [0.15, 0.2) is 36.4 Å². The van der Waals surface area contributed by atoms with E-state index in [9.17, 15) is 0 Å². The number of ether oxygens (including phenoxy) is 1. The fourth-order valence-electron chi connectivity index (χ4n) is 2.76. The first-order chi connectivity index (χ1) is 13.0. The topological polar surface area (TPSA) is 38.2 Å². The van der Waals surface area contributed by atoms with Gasteiger partial charge in [-0.2, -0.15) is 9.36 Å². The molecule has 0 radical (unpaired) electrons. The molecule has 0 bridgehead atoms. The first kappa shape index (κ1) is 19.8. The van der Waals surface area contributed by atoms with Crippen LogP contribution in [-0.2, 0) is 6.42 Å². The van der Waals surface area contributed by atoms with Crippen LogP contribution in [0, 0.1) is 13.8 Å². The van der Waals surface area contributed by atoms with Crippen molar-refractivity contribution in [2.75, 3.05) is 20.1 Å². The van der Waals surface area contributed by atoms with E-state index in [0.29, 0.717) is 16.0 Å². The minimum absolute atomic E-state index is 0.543. The van der Waals surface area contributed by atoms with Crippen LogP contribution in [0.3, 0.4) is 0 Å². The number of halogens is 1. The average Bonchev–Trinajstić information content (AvgIpc) is 3.12. The highest BCUT2D eigenvalue weighted by Gasteiger charge is 2.12. The second-order valence-corrected chi connectivity index (χ2v) is 7.83. The fourth-order valence-corrected chi connectivity index (χ4v) is 3.45. The van der Waals surface area contributed by atoms with Gasteiger partial charge in [-0.15, -0.1) is 0 Å². The smallest absolute Gasteiger partial charge is 0.299 e. The molecule has 1 aromatic heterocycles. The predicted molar refractivity (Wildman–Crippen MR) is 113 cm³/mol. The van der Waals surface area contributed by atoms with Crippen molar-refractivity contribution < 1.29 is 4.74 Å². The summed E-state index contributed by atoms with van der Waals surface area (Å²) in [6.45, 7) is 8.50. The summed E-state index contributed by atoms with van der Waals surface area (Å²) in [5, 5.41) is 1.24. The van der Waals surface area contributed by atoms with Gasteiger partial charge in [0.15, 0.2) is 5.82 Å². The van der Waals surface area contributed by atoms with Gasteiger partial charge in [0.1, 0.15) is 5.75 Å². The third-order valence-electron chi connectivity index (χ3n) is 4.64. The molecule has 6 heteroatoms. The standard InChI is InChI=1S/C21H24ClN3OS/c1-5-25(4)11-10-17-12-15(3)19(13-14(17)2)26-21-23-20(24-27-21)16-6-8-18(22)9-7-16/h6-9,12-13H,5,10-11H2,1-4H3. The van der Waals surface area contributed by atoms with E-state index in [1.54, 1.807) is 0 Å². The average molecular weight is 402 g/mol. The number of likely N-dealkylation sites (N-methyl/N-ethyl adjacent to an activating group) is 1. The van der Waals surface area contributed by atoms with E-state index >= 15 is 0 Å². The van der Waals surface area contributed by atoms with E-state index in [-0.39, 0.29) is 0 Å². The summed E-state index contributed by atoms with van der Waals surface area (Å²) in [6.07, 6.45) is 1.04. The van der Waals surface area contributed by atoms with Gasteiger partial charge in [0, 0.05) is 28.7 Å². The minimum atomic E-state index is 0.543. The Labute approximate surface area is 169 Å². The Balaban J connectivity index is 1.74. The second-order valence-electron chi connectivity index (χ2n) is 6.68. The van der Waals surface area contributed by atoms with Crippen molar-refractivity contribution >= 4 is 23.1 Å². The lowest BCUT2D eigenvalue weighted by atomic mass is 10.0. The monoisotopic (exact) mass is 401 g/mol.